The average molecular weight is 319 g/mol. The smallest absolute Gasteiger partial charge is 0.264 e. The summed E-state index contributed by atoms with van der Waals surface area (Å²) >= 11 is 0. The number of hydrogen-bond donors (Lipinski definition) is 0. The molecule has 2 rings (SSSR count). The molecule has 5 heteroatoms. The van der Waals surface area contributed by atoms with Crippen molar-refractivity contribution in [2.24, 2.45) is 0 Å². The molecule has 0 spiro atoms. The van der Waals surface area contributed by atoms with E-state index >= 15 is 0 Å². The summed E-state index contributed by atoms with van der Waals surface area (Å²) < 4.78 is 32.1. The summed E-state index contributed by atoms with van der Waals surface area (Å²) in [6, 6.07) is 14.1. The van der Waals surface area contributed by atoms with E-state index in [0.29, 0.717) is 18.0 Å². The topological polar surface area (TPSA) is 46.6 Å². The van der Waals surface area contributed by atoms with E-state index in [1.54, 1.807) is 31.4 Å². The highest BCUT2D eigenvalue weighted by molar-refractivity contribution is 7.92. The van der Waals surface area contributed by atoms with Crippen LogP contribution in [-0.2, 0) is 16.4 Å². The highest BCUT2D eigenvalue weighted by atomic mass is 32.2. The second kappa shape index (κ2) is 6.83. The Morgan fingerprint density at radius 3 is 2.00 bits per heavy atom. The van der Waals surface area contributed by atoms with Crippen molar-refractivity contribution >= 4 is 15.7 Å². The molecule has 0 atom stereocenters. The summed E-state index contributed by atoms with van der Waals surface area (Å²) in [6.45, 7) is 4.27. The Bertz CT molecular complexity index is 707. The van der Waals surface area contributed by atoms with Gasteiger partial charge in [0.1, 0.15) is 5.75 Å². The molecule has 0 heterocycles. The summed E-state index contributed by atoms with van der Waals surface area (Å²) in [5.41, 5.74) is 1.86. The Labute approximate surface area is 132 Å². The third-order valence-electron chi connectivity index (χ3n) is 3.57. The van der Waals surface area contributed by atoms with Crippen LogP contribution in [0.25, 0.3) is 0 Å². The molecule has 2 aromatic carbocycles. The standard InChI is InChI=1S/C17H21NO3S/c1-4-14-6-8-15(9-7-14)18(5-2)22(19,20)17-12-10-16(21-3)11-13-17/h6-13H,4-5H2,1-3H3. The first-order valence-electron chi connectivity index (χ1n) is 7.28. The minimum Gasteiger partial charge on any atom is -0.497 e. The van der Waals surface area contributed by atoms with Gasteiger partial charge in [0.2, 0.25) is 0 Å². The number of sulfonamides is 1. The molecule has 0 radical (unpaired) electrons. The Kier molecular flexibility index (Phi) is 5.08. The van der Waals surface area contributed by atoms with Gasteiger partial charge in [-0.25, -0.2) is 8.42 Å². The quantitative estimate of drug-likeness (QED) is 0.819. The summed E-state index contributed by atoms with van der Waals surface area (Å²) in [6.07, 6.45) is 0.928. The molecule has 4 nitrogen and oxygen atoms in total. The van der Waals surface area contributed by atoms with Crippen molar-refractivity contribution in [2.45, 2.75) is 25.2 Å². The van der Waals surface area contributed by atoms with Crippen molar-refractivity contribution in [1.82, 2.24) is 0 Å². The molecule has 0 saturated heterocycles. The lowest BCUT2D eigenvalue weighted by Gasteiger charge is -2.23. The van der Waals surface area contributed by atoms with Crippen LogP contribution >= 0.6 is 0 Å². The molecule has 0 fully saturated rings. The van der Waals surface area contributed by atoms with E-state index < -0.39 is 10.0 Å². The van der Waals surface area contributed by atoms with E-state index in [4.69, 9.17) is 4.74 Å². The molecule has 0 bridgehead atoms. The fourth-order valence-corrected chi connectivity index (χ4v) is 3.74. The van der Waals surface area contributed by atoms with Crippen molar-refractivity contribution in [3.8, 4) is 5.75 Å². The highest BCUT2D eigenvalue weighted by Crippen LogP contribution is 2.25. The van der Waals surface area contributed by atoms with Crippen LogP contribution in [0.15, 0.2) is 53.4 Å². The van der Waals surface area contributed by atoms with Gasteiger partial charge in [0.05, 0.1) is 17.7 Å². The first-order chi connectivity index (χ1) is 10.5. The number of rotatable bonds is 6. The average Bonchev–Trinajstić information content (AvgIpc) is 2.56. The van der Waals surface area contributed by atoms with Gasteiger partial charge in [0.15, 0.2) is 0 Å². The molecule has 0 amide bonds. The number of ether oxygens (including phenoxy) is 1. The maximum atomic E-state index is 12.8. The van der Waals surface area contributed by atoms with Gasteiger partial charge in [0.25, 0.3) is 10.0 Å². The van der Waals surface area contributed by atoms with Crippen LogP contribution in [0.2, 0.25) is 0 Å². The van der Waals surface area contributed by atoms with Gasteiger partial charge >= 0.3 is 0 Å². The molecular weight excluding hydrogens is 298 g/mol. The molecule has 0 aliphatic heterocycles. The summed E-state index contributed by atoms with van der Waals surface area (Å²) in [5.74, 6) is 0.634. The molecular formula is C17H21NO3S. The highest BCUT2D eigenvalue weighted by Gasteiger charge is 2.23. The molecule has 2 aromatic rings. The number of methoxy groups -OCH3 is 1. The molecule has 0 aliphatic rings. The van der Waals surface area contributed by atoms with Gasteiger partial charge in [-0.15, -0.1) is 0 Å². The predicted molar refractivity (Wildman–Crippen MR) is 89.0 cm³/mol. The molecule has 0 saturated carbocycles. The Morgan fingerprint density at radius 1 is 0.955 bits per heavy atom. The zero-order chi connectivity index (χ0) is 16.2. The maximum absolute atomic E-state index is 12.8. The fraction of sp³-hybridized carbons (Fsp3) is 0.294. The van der Waals surface area contributed by atoms with Crippen LogP contribution in [0, 0.1) is 0 Å². The van der Waals surface area contributed by atoms with Crippen molar-refractivity contribution in [2.75, 3.05) is 18.0 Å². The summed E-state index contributed by atoms with van der Waals surface area (Å²) in [4.78, 5) is 0.259. The summed E-state index contributed by atoms with van der Waals surface area (Å²) in [7, 11) is -2.02. The van der Waals surface area contributed by atoms with E-state index in [2.05, 4.69) is 6.92 Å². The van der Waals surface area contributed by atoms with Crippen LogP contribution in [-0.4, -0.2) is 22.1 Å². The number of anilines is 1. The molecule has 0 aliphatic carbocycles. The van der Waals surface area contributed by atoms with Gasteiger partial charge in [-0.05, 0) is 55.3 Å². The molecule has 22 heavy (non-hydrogen) atoms. The van der Waals surface area contributed by atoms with E-state index in [0.717, 1.165) is 6.42 Å². The van der Waals surface area contributed by atoms with Crippen LogP contribution in [0.1, 0.15) is 19.4 Å². The minimum atomic E-state index is -3.57. The second-order valence-corrected chi connectivity index (χ2v) is 6.73. The Balaban J connectivity index is 2.38. The molecule has 0 unspecified atom stereocenters. The van der Waals surface area contributed by atoms with E-state index in [1.165, 1.54) is 9.87 Å². The Hall–Kier alpha value is -2.01. The SMILES string of the molecule is CCc1ccc(N(CC)S(=O)(=O)c2ccc(OC)cc2)cc1. The van der Waals surface area contributed by atoms with E-state index in [-0.39, 0.29) is 4.90 Å². The maximum Gasteiger partial charge on any atom is 0.264 e. The van der Waals surface area contributed by atoms with Gasteiger partial charge < -0.3 is 4.74 Å². The minimum absolute atomic E-state index is 0.259. The van der Waals surface area contributed by atoms with Crippen LogP contribution in [0.3, 0.4) is 0 Å². The molecule has 0 N–H and O–H groups in total. The number of benzene rings is 2. The van der Waals surface area contributed by atoms with Crippen molar-refractivity contribution in [3.63, 3.8) is 0 Å². The largest absolute Gasteiger partial charge is 0.497 e. The third-order valence-corrected chi connectivity index (χ3v) is 5.48. The van der Waals surface area contributed by atoms with Crippen molar-refractivity contribution in [1.29, 1.82) is 0 Å². The lowest BCUT2D eigenvalue weighted by atomic mass is 10.1. The van der Waals surface area contributed by atoms with Gasteiger partial charge in [-0.1, -0.05) is 19.1 Å². The second-order valence-electron chi connectivity index (χ2n) is 4.87. The van der Waals surface area contributed by atoms with Gasteiger partial charge in [0, 0.05) is 6.54 Å². The zero-order valence-electron chi connectivity index (χ0n) is 13.1. The monoisotopic (exact) mass is 319 g/mol. The number of aryl methyl sites for hydroxylation is 1. The van der Waals surface area contributed by atoms with Crippen LogP contribution < -0.4 is 9.04 Å². The zero-order valence-corrected chi connectivity index (χ0v) is 13.9. The predicted octanol–water partition coefficient (Wildman–Crippen LogP) is 3.47. The van der Waals surface area contributed by atoms with Crippen molar-refractivity contribution in [3.05, 3.63) is 54.1 Å². The van der Waals surface area contributed by atoms with E-state index in [1.807, 2.05) is 31.2 Å². The molecule has 0 aromatic heterocycles. The number of nitrogens with zero attached hydrogens (tertiary/aromatic N) is 1. The first-order valence-corrected chi connectivity index (χ1v) is 8.72. The first kappa shape index (κ1) is 16.4. The summed E-state index contributed by atoms with van der Waals surface area (Å²) in [5, 5.41) is 0. The van der Waals surface area contributed by atoms with Crippen LogP contribution in [0.5, 0.6) is 5.75 Å². The van der Waals surface area contributed by atoms with Crippen LogP contribution in [0.4, 0.5) is 5.69 Å². The third kappa shape index (κ3) is 3.25. The molecule has 118 valence electrons. The normalized spacial score (nSPS) is 11.2. The lowest BCUT2D eigenvalue weighted by Crippen LogP contribution is -2.30. The van der Waals surface area contributed by atoms with E-state index in [9.17, 15) is 8.42 Å². The fourth-order valence-electron chi connectivity index (χ4n) is 2.26. The van der Waals surface area contributed by atoms with Crippen molar-refractivity contribution < 1.29 is 13.2 Å². The Morgan fingerprint density at radius 2 is 1.55 bits per heavy atom. The number of hydrogen-bond acceptors (Lipinski definition) is 3. The van der Waals surface area contributed by atoms with Gasteiger partial charge in [-0.3, -0.25) is 4.31 Å². The van der Waals surface area contributed by atoms with Gasteiger partial charge in [-0.2, -0.15) is 0 Å². The lowest BCUT2D eigenvalue weighted by molar-refractivity contribution is 0.414.